The summed E-state index contributed by atoms with van der Waals surface area (Å²) in [5.74, 6) is -2.12. The van der Waals surface area contributed by atoms with E-state index in [9.17, 15) is 19.7 Å². The number of anilines is 2. The first kappa shape index (κ1) is 24.2. The van der Waals surface area contributed by atoms with E-state index in [2.05, 4.69) is 0 Å². The number of nitrogens with zero attached hydrogens (tertiary/aromatic N) is 3. The van der Waals surface area contributed by atoms with Gasteiger partial charge in [-0.15, -0.1) is 23.2 Å². The second kappa shape index (κ2) is 8.43. The van der Waals surface area contributed by atoms with Gasteiger partial charge in [0.2, 0.25) is 5.91 Å². The van der Waals surface area contributed by atoms with Crippen LogP contribution in [0.2, 0.25) is 5.02 Å². The number of rotatable bonds is 5. The highest BCUT2D eigenvalue weighted by Gasteiger charge is 2.78. The number of nitro groups is 1. The highest BCUT2D eigenvalue weighted by molar-refractivity contribution is 6.52. The maximum Gasteiger partial charge on any atom is 0.271 e. The van der Waals surface area contributed by atoms with Gasteiger partial charge in [-0.3, -0.25) is 24.5 Å². The molecule has 8 nitrogen and oxygen atoms in total. The van der Waals surface area contributed by atoms with Gasteiger partial charge in [0.25, 0.3) is 11.6 Å². The van der Waals surface area contributed by atoms with Crippen LogP contribution < -0.4 is 9.96 Å². The number of fused-ring (bicyclic) bond motifs is 1. The third-order valence-electron chi connectivity index (χ3n) is 7.32. The van der Waals surface area contributed by atoms with E-state index in [1.165, 1.54) is 24.3 Å². The number of amides is 2. The zero-order valence-corrected chi connectivity index (χ0v) is 21.2. The first-order valence-electron chi connectivity index (χ1n) is 11.4. The van der Waals surface area contributed by atoms with Crippen LogP contribution >= 0.6 is 34.8 Å². The van der Waals surface area contributed by atoms with Gasteiger partial charge in [-0.2, -0.15) is 0 Å². The van der Waals surface area contributed by atoms with Gasteiger partial charge in [0, 0.05) is 17.2 Å². The average Bonchev–Trinajstić information content (AvgIpc) is 3.16. The SMILES string of the molecule is O=C1C2ON(c3ccc(Cl)cc3)C(C3(c4ccccc4)CC3(Cl)Cl)C2C(=O)N1c1cccc([N+](=O)[O-])c1. The largest absolute Gasteiger partial charge is 0.273 e. The molecule has 2 heterocycles. The van der Waals surface area contributed by atoms with Gasteiger partial charge in [0.15, 0.2) is 6.10 Å². The lowest BCUT2D eigenvalue weighted by atomic mass is 9.79. The number of non-ortho nitro benzene ring substituents is 1. The number of halogens is 3. The lowest BCUT2D eigenvalue weighted by molar-refractivity contribution is -0.384. The van der Waals surface area contributed by atoms with Gasteiger partial charge in [-0.05, 0) is 42.3 Å². The van der Waals surface area contributed by atoms with Crippen molar-refractivity contribution >= 4 is 63.7 Å². The molecule has 0 aromatic heterocycles. The number of imide groups is 1. The van der Waals surface area contributed by atoms with Crippen LogP contribution in [0.1, 0.15) is 12.0 Å². The monoisotopic (exact) mass is 557 g/mol. The summed E-state index contributed by atoms with van der Waals surface area (Å²) in [6.07, 6.45) is -0.843. The van der Waals surface area contributed by atoms with Crippen molar-refractivity contribution in [3.8, 4) is 0 Å². The smallest absolute Gasteiger partial charge is 0.271 e. The number of hydrogen-bond donors (Lipinski definition) is 0. The number of hydrogen-bond acceptors (Lipinski definition) is 6. The van der Waals surface area contributed by atoms with Gasteiger partial charge in [0.05, 0.1) is 27.8 Å². The van der Waals surface area contributed by atoms with Gasteiger partial charge in [0.1, 0.15) is 10.3 Å². The molecule has 1 aliphatic carbocycles. The zero-order chi connectivity index (χ0) is 26.1. The lowest BCUT2D eigenvalue weighted by Gasteiger charge is -2.35. The fourth-order valence-corrected chi connectivity index (χ4v) is 6.57. The number of carbonyl (C=O) groups excluding carboxylic acids is 2. The van der Waals surface area contributed by atoms with Crippen LogP contribution in [0.15, 0.2) is 78.9 Å². The molecule has 11 heteroatoms. The fourth-order valence-electron chi connectivity index (χ4n) is 5.58. The summed E-state index contributed by atoms with van der Waals surface area (Å²) in [5, 5.41) is 13.4. The van der Waals surface area contributed by atoms with Crippen LogP contribution in [-0.2, 0) is 19.8 Å². The number of hydroxylamine groups is 1. The number of benzene rings is 3. The molecule has 2 amide bonds. The highest BCUT2D eigenvalue weighted by Crippen LogP contribution is 2.70. The minimum Gasteiger partial charge on any atom is -0.273 e. The van der Waals surface area contributed by atoms with Crippen molar-refractivity contribution in [1.29, 1.82) is 0 Å². The second-order valence-corrected chi connectivity index (χ2v) is 11.2. The number of nitro benzene ring substituents is 1. The highest BCUT2D eigenvalue weighted by atomic mass is 35.5. The summed E-state index contributed by atoms with van der Waals surface area (Å²) < 4.78 is -1.23. The molecule has 2 saturated heterocycles. The molecule has 188 valence electrons. The number of carbonyl (C=O) groups is 2. The molecule has 6 rings (SSSR count). The van der Waals surface area contributed by atoms with E-state index < -0.39 is 44.5 Å². The second-order valence-electron chi connectivity index (χ2n) is 9.31. The minimum atomic E-state index is -1.23. The summed E-state index contributed by atoms with van der Waals surface area (Å²) in [7, 11) is 0. The topological polar surface area (TPSA) is 93.0 Å². The Morgan fingerprint density at radius 2 is 1.59 bits per heavy atom. The summed E-state index contributed by atoms with van der Waals surface area (Å²) in [6.45, 7) is 0. The third-order valence-corrected chi connectivity index (χ3v) is 8.51. The predicted octanol–water partition coefficient (Wildman–Crippen LogP) is 5.44. The maximum absolute atomic E-state index is 14.0. The summed E-state index contributed by atoms with van der Waals surface area (Å²) in [6, 6.07) is 20.8. The number of alkyl halides is 2. The Bertz CT molecular complexity index is 1430. The molecule has 37 heavy (non-hydrogen) atoms. The summed E-state index contributed by atoms with van der Waals surface area (Å²) in [4.78, 5) is 45.5. The van der Waals surface area contributed by atoms with E-state index in [0.29, 0.717) is 17.1 Å². The predicted molar refractivity (Wildman–Crippen MR) is 139 cm³/mol. The van der Waals surface area contributed by atoms with Crippen molar-refractivity contribution in [2.75, 3.05) is 9.96 Å². The van der Waals surface area contributed by atoms with E-state index in [0.717, 1.165) is 10.5 Å². The Morgan fingerprint density at radius 1 is 0.919 bits per heavy atom. The van der Waals surface area contributed by atoms with Crippen molar-refractivity contribution in [2.45, 2.75) is 28.3 Å². The van der Waals surface area contributed by atoms with Crippen LogP contribution in [0, 0.1) is 16.0 Å². The van der Waals surface area contributed by atoms with E-state index in [1.54, 1.807) is 29.3 Å². The van der Waals surface area contributed by atoms with Crippen LogP contribution in [0.4, 0.5) is 17.1 Å². The molecule has 2 aliphatic heterocycles. The average molecular weight is 559 g/mol. The first-order valence-corrected chi connectivity index (χ1v) is 12.6. The Balaban J connectivity index is 1.48. The molecule has 3 aromatic carbocycles. The molecule has 1 saturated carbocycles. The molecule has 0 spiro atoms. The Labute approximate surface area is 226 Å². The lowest BCUT2D eigenvalue weighted by Crippen LogP contribution is -2.49. The van der Waals surface area contributed by atoms with Crippen molar-refractivity contribution in [1.82, 2.24) is 0 Å². The molecule has 3 aromatic rings. The molecule has 0 N–H and O–H groups in total. The first-order chi connectivity index (χ1) is 17.7. The van der Waals surface area contributed by atoms with Crippen molar-refractivity contribution < 1.29 is 19.3 Å². The van der Waals surface area contributed by atoms with Gasteiger partial charge >= 0.3 is 0 Å². The molecule has 4 unspecified atom stereocenters. The van der Waals surface area contributed by atoms with Crippen LogP contribution in [0.3, 0.4) is 0 Å². The van der Waals surface area contributed by atoms with Crippen molar-refractivity contribution in [2.24, 2.45) is 5.92 Å². The van der Waals surface area contributed by atoms with E-state index >= 15 is 0 Å². The maximum atomic E-state index is 14.0. The molecule has 3 aliphatic rings. The molecular weight excluding hydrogens is 541 g/mol. The normalized spacial score (nSPS) is 27.9. The van der Waals surface area contributed by atoms with E-state index in [4.69, 9.17) is 39.6 Å². The van der Waals surface area contributed by atoms with Gasteiger partial charge in [-0.1, -0.05) is 48.0 Å². The summed E-state index contributed by atoms with van der Waals surface area (Å²) in [5.41, 5.74) is 0.316. The molecule has 4 atom stereocenters. The van der Waals surface area contributed by atoms with Gasteiger partial charge < -0.3 is 0 Å². The van der Waals surface area contributed by atoms with Crippen molar-refractivity contribution in [3.05, 3.63) is 99.6 Å². The quantitative estimate of drug-likeness (QED) is 0.179. The van der Waals surface area contributed by atoms with E-state index in [1.807, 2.05) is 30.3 Å². The molecule has 0 radical (unpaired) electrons. The van der Waals surface area contributed by atoms with E-state index in [-0.39, 0.29) is 11.4 Å². The Kier molecular flexibility index (Phi) is 5.51. The van der Waals surface area contributed by atoms with Gasteiger partial charge in [-0.25, -0.2) is 9.96 Å². The van der Waals surface area contributed by atoms with Crippen LogP contribution in [0.25, 0.3) is 0 Å². The third kappa shape index (κ3) is 3.54. The minimum absolute atomic E-state index is 0.103. The molecular formula is C26H18Cl3N3O5. The summed E-state index contributed by atoms with van der Waals surface area (Å²) >= 11 is 19.7. The van der Waals surface area contributed by atoms with Crippen LogP contribution in [0.5, 0.6) is 0 Å². The van der Waals surface area contributed by atoms with Crippen molar-refractivity contribution in [3.63, 3.8) is 0 Å². The Morgan fingerprint density at radius 3 is 2.22 bits per heavy atom. The van der Waals surface area contributed by atoms with Crippen LogP contribution in [-0.4, -0.2) is 33.2 Å². The standard InChI is InChI=1S/C26H18Cl3N3O5/c27-16-9-11-17(12-10-16)31-22(25(14-26(25,28)29)15-5-2-1-3-6-15)20-21(37-31)24(34)30(23(20)33)18-7-4-8-19(13-18)32(35)36/h1-13,20-22H,14H2. The molecule has 0 bridgehead atoms. The zero-order valence-electron chi connectivity index (χ0n) is 19.0. The Hall–Kier alpha value is -3.17. The fraction of sp³-hybridized carbons (Fsp3) is 0.231. The molecule has 3 fully saturated rings.